The fraction of sp³-hybridized carbons (Fsp3) is 0.625. The van der Waals surface area contributed by atoms with Crippen LogP contribution in [-0.4, -0.2) is 12.1 Å². The maximum atomic E-state index is 4.65. The van der Waals surface area contributed by atoms with Crippen LogP contribution >= 0.6 is 0 Å². The highest BCUT2D eigenvalue weighted by atomic mass is 15.6. The molecule has 3 heteroatoms. The molecule has 3 aliphatic carbocycles. The standard InChI is InChI=1S/C16H19N3/c1-2-5-10(6-3-1)19-16-14-9-13(15(16)17-18-19)11-7-4-8-12(11)14/h1-3,5-6,11-16H,4,7-9H2/t11-,12-,13+,14-,15-,16-/m0/s1. The number of rotatable bonds is 1. The average molecular weight is 253 g/mol. The van der Waals surface area contributed by atoms with Gasteiger partial charge in [-0.1, -0.05) is 29.8 Å². The molecule has 0 N–H and O–H groups in total. The molecule has 3 saturated carbocycles. The van der Waals surface area contributed by atoms with Gasteiger partial charge in [0.1, 0.15) is 0 Å². The normalized spacial score (nSPS) is 45.8. The topological polar surface area (TPSA) is 28.0 Å². The van der Waals surface area contributed by atoms with Crippen LogP contribution in [0.25, 0.3) is 0 Å². The Kier molecular flexibility index (Phi) is 1.97. The van der Waals surface area contributed by atoms with E-state index in [0.717, 1.165) is 23.7 Å². The van der Waals surface area contributed by atoms with E-state index in [-0.39, 0.29) is 0 Å². The minimum Gasteiger partial charge on any atom is -0.242 e. The average Bonchev–Trinajstić information content (AvgIpc) is 3.17. The Morgan fingerprint density at radius 2 is 1.74 bits per heavy atom. The van der Waals surface area contributed by atoms with E-state index < -0.39 is 0 Å². The molecule has 1 heterocycles. The predicted molar refractivity (Wildman–Crippen MR) is 73.8 cm³/mol. The number of hydrogen-bond donors (Lipinski definition) is 0. The number of nitrogens with zero attached hydrogens (tertiary/aromatic N) is 3. The van der Waals surface area contributed by atoms with E-state index in [1.54, 1.807) is 0 Å². The molecule has 98 valence electrons. The first kappa shape index (κ1) is 10.4. The second kappa shape index (κ2) is 3.59. The highest BCUT2D eigenvalue weighted by Gasteiger charge is 2.62. The lowest BCUT2D eigenvalue weighted by atomic mass is 9.76. The van der Waals surface area contributed by atoms with Crippen LogP contribution < -0.4 is 5.01 Å². The highest BCUT2D eigenvalue weighted by molar-refractivity contribution is 5.48. The fourth-order valence-electron chi connectivity index (χ4n) is 5.50. The first-order chi connectivity index (χ1) is 9.43. The van der Waals surface area contributed by atoms with E-state index >= 15 is 0 Å². The summed E-state index contributed by atoms with van der Waals surface area (Å²) in [6, 6.07) is 11.7. The number of fused-ring (bicyclic) bond motifs is 8. The second-order valence-electron chi connectivity index (χ2n) is 6.69. The molecule has 19 heavy (non-hydrogen) atoms. The first-order valence-electron chi connectivity index (χ1n) is 7.68. The predicted octanol–water partition coefficient (Wildman–Crippen LogP) is 3.68. The van der Waals surface area contributed by atoms with Crippen LogP contribution in [0.2, 0.25) is 0 Å². The Morgan fingerprint density at radius 3 is 2.58 bits per heavy atom. The molecule has 4 aliphatic rings. The van der Waals surface area contributed by atoms with Gasteiger partial charge in [0.15, 0.2) is 0 Å². The highest BCUT2D eigenvalue weighted by Crippen LogP contribution is 2.62. The molecule has 1 aliphatic heterocycles. The third kappa shape index (κ3) is 1.24. The molecule has 0 radical (unpaired) electrons. The Morgan fingerprint density at radius 1 is 0.947 bits per heavy atom. The number of benzene rings is 1. The van der Waals surface area contributed by atoms with Gasteiger partial charge in [0, 0.05) is 0 Å². The zero-order valence-electron chi connectivity index (χ0n) is 11.0. The van der Waals surface area contributed by atoms with Crippen molar-refractivity contribution in [3.63, 3.8) is 0 Å². The molecular formula is C16H19N3. The lowest BCUT2D eigenvalue weighted by Crippen LogP contribution is -2.44. The summed E-state index contributed by atoms with van der Waals surface area (Å²) in [6.07, 6.45) is 5.77. The van der Waals surface area contributed by atoms with Crippen LogP contribution in [0.15, 0.2) is 40.7 Å². The summed E-state index contributed by atoms with van der Waals surface area (Å²) in [5.74, 6) is 3.62. The van der Waals surface area contributed by atoms with Crippen molar-refractivity contribution in [3.05, 3.63) is 30.3 Å². The van der Waals surface area contributed by atoms with Gasteiger partial charge in [-0.15, -0.1) is 0 Å². The zero-order valence-corrected chi connectivity index (χ0v) is 11.0. The van der Waals surface area contributed by atoms with Crippen molar-refractivity contribution in [2.75, 3.05) is 5.01 Å². The molecule has 5 rings (SSSR count). The molecule has 0 unspecified atom stereocenters. The lowest BCUT2D eigenvalue weighted by Gasteiger charge is -2.35. The smallest absolute Gasteiger partial charge is 0.0987 e. The minimum absolute atomic E-state index is 0.490. The van der Waals surface area contributed by atoms with Crippen molar-refractivity contribution >= 4 is 5.69 Å². The molecule has 1 aromatic carbocycles. The van der Waals surface area contributed by atoms with E-state index in [4.69, 9.17) is 0 Å². The van der Waals surface area contributed by atoms with Crippen molar-refractivity contribution in [1.82, 2.24) is 0 Å². The van der Waals surface area contributed by atoms with E-state index in [9.17, 15) is 0 Å². The van der Waals surface area contributed by atoms with E-state index in [0.29, 0.717) is 12.1 Å². The second-order valence-corrected chi connectivity index (χ2v) is 6.69. The van der Waals surface area contributed by atoms with Crippen molar-refractivity contribution in [2.24, 2.45) is 34.0 Å². The molecule has 0 spiro atoms. The van der Waals surface area contributed by atoms with Gasteiger partial charge in [-0.3, -0.25) is 0 Å². The summed E-state index contributed by atoms with van der Waals surface area (Å²) in [7, 11) is 0. The van der Waals surface area contributed by atoms with Crippen molar-refractivity contribution in [2.45, 2.75) is 37.8 Å². The number of hydrogen-bond acceptors (Lipinski definition) is 3. The van der Waals surface area contributed by atoms with Gasteiger partial charge in [-0.2, -0.15) is 5.11 Å². The molecule has 3 nitrogen and oxygen atoms in total. The Labute approximate surface area is 113 Å². The monoisotopic (exact) mass is 253 g/mol. The minimum atomic E-state index is 0.490. The van der Waals surface area contributed by atoms with Gasteiger partial charge in [0.05, 0.1) is 17.8 Å². The van der Waals surface area contributed by atoms with Crippen LogP contribution in [0.5, 0.6) is 0 Å². The van der Waals surface area contributed by atoms with E-state index in [1.807, 2.05) is 0 Å². The van der Waals surface area contributed by atoms with Crippen LogP contribution in [0.4, 0.5) is 5.69 Å². The maximum absolute atomic E-state index is 4.65. The van der Waals surface area contributed by atoms with Crippen LogP contribution in [0, 0.1) is 23.7 Å². The molecular weight excluding hydrogens is 234 g/mol. The van der Waals surface area contributed by atoms with Gasteiger partial charge in [0.2, 0.25) is 0 Å². The zero-order chi connectivity index (χ0) is 12.4. The third-order valence-corrected chi connectivity index (χ3v) is 6.08. The largest absolute Gasteiger partial charge is 0.242 e. The van der Waals surface area contributed by atoms with Crippen LogP contribution in [-0.2, 0) is 0 Å². The lowest BCUT2D eigenvalue weighted by molar-refractivity contribution is 0.217. The quantitative estimate of drug-likeness (QED) is 0.750. The van der Waals surface area contributed by atoms with E-state index in [1.165, 1.54) is 31.4 Å². The summed E-state index contributed by atoms with van der Waals surface area (Å²) in [4.78, 5) is 0. The van der Waals surface area contributed by atoms with Gasteiger partial charge in [-0.05, 0) is 55.1 Å². The number of anilines is 1. The summed E-state index contributed by atoms with van der Waals surface area (Å²) in [5.41, 5.74) is 1.22. The summed E-state index contributed by atoms with van der Waals surface area (Å²) in [6.45, 7) is 0. The molecule has 2 bridgehead atoms. The third-order valence-electron chi connectivity index (χ3n) is 6.08. The van der Waals surface area contributed by atoms with Crippen LogP contribution in [0.1, 0.15) is 25.7 Å². The molecule has 6 atom stereocenters. The van der Waals surface area contributed by atoms with Gasteiger partial charge >= 0.3 is 0 Å². The fourth-order valence-corrected chi connectivity index (χ4v) is 5.50. The van der Waals surface area contributed by atoms with Crippen LogP contribution in [0.3, 0.4) is 0 Å². The van der Waals surface area contributed by atoms with Gasteiger partial charge in [-0.25, -0.2) is 5.01 Å². The number of para-hydroxylation sites is 1. The molecule has 3 fully saturated rings. The van der Waals surface area contributed by atoms with Crippen molar-refractivity contribution in [1.29, 1.82) is 0 Å². The van der Waals surface area contributed by atoms with Crippen molar-refractivity contribution < 1.29 is 0 Å². The Balaban J connectivity index is 1.52. The molecule has 0 saturated heterocycles. The molecule has 0 amide bonds. The molecule has 0 aromatic heterocycles. The first-order valence-corrected chi connectivity index (χ1v) is 7.68. The SMILES string of the molecule is c1ccc(N2N=N[C@H]3[C@@H]4C[C@@H]([C@H]5CCC[C@@H]54)[C@@H]32)cc1. The van der Waals surface area contributed by atoms with Gasteiger partial charge in [0.25, 0.3) is 0 Å². The Hall–Kier alpha value is -1.38. The Bertz CT molecular complexity index is 526. The summed E-state index contributed by atoms with van der Waals surface area (Å²) in [5, 5.41) is 11.4. The van der Waals surface area contributed by atoms with Gasteiger partial charge < -0.3 is 0 Å². The summed E-state index contributed by atoms with van der Waals surface area (Å²) < 4.78 is 0. The summed E-state index contributed by atoms with van der Waals surface area (Å²) >= 11 is 0. The maximum Gasteiger partial charge on any atom is 0.0987 e. The van der Waals surface area contributed by atoms with Crippen molar-refractivity contribution in [3.8, 4) is 0 Å². The van der Waals surface area contributed by atoms with E-state index in [2.05, 4.69) is 45.7 Å². The molecule has 1 aromatic rings.